The molecule has 1 aromatic heterocycles. The number of nitrogens with one attached hydrogen (secondary N) is 2. The summed E-state index contributed by atoms with van der Waals surface area (Å²) in [5, 5.41) is 17.4. The average molecular weight is 226 g/mol. The van der Waals surface area contributed by atoms with Gasteiger partial charge in [0.1, 0.15) is 0 Å². The van der Waals surface area contributed by atoms with E-state index in [4.69, 9.17) is 0 Å². The maximum atomic E-state index is 11.3. The predicted molar refractivity (Wildman–Crippen MR) is 58.4 cm³/mol. The number of hydrogen-bond donors (Lipinski definition) is 2. The van der Waals surface area contributed by atoms with Gasteiger partial charge >= 0.3 is 0 Å². The molecule has 0 aliphatic carbocycles. The smallest absolute Gasteiger partial charge is 0.221 e. The van der Waals surface area contributed by atoms with Crippen molar-refractivity contribution in [3.63, 3.8) is 0 Å². The molecule has 90 valence electrons. The van der Waals surface area contributed by atoms with Crippen molar-refractivity contribution in [3.05, 3.63) is 5.82 Å². The van der Waals surface area contributed by atoms with Crippen LogP contribution in [0.4, 0.5) is 0 Å². The van der Waals surface area contributed by atoms with Crippen molar-refractivity contribution in [3.8, 4) is 0 Å². The zero-order valence-electron chi connectivity index (χ0n) is 9.90. The Morgan fingerprint density at radius 2 is 2.25 bits per heavy atom. The van der Waals surface area contributed by atoms with Crippen LogP contribution in [-0.2, 0) is 18.4 Å². The number of carbonyl (C=O) groups is 1. The largest absolute Gasteiger partial charge is 0.354 e. The van der Waals surface area contributed by atoms with Gasteiger partial charge in [-0.2, -0.15) is 4.80 Å². The molecule has 7 heteroatoms. The van der Waals surface area contributed by atoms with E-state index in [1.807, 2.05) is 13.8 Å². The van der Waals surface area contributed by atoms with Crippen LogP contribution in [0.5, 0.6) is 0 Å². The summed E-state index contributed by atoms with van der Waals surface area (Å²) in [5.74, 6) is 0.682. The summed E-state index contributed by atoms with van der Waals surface area (Å²) in [6.45, 7) is 5.02. The SMILES string of the molecule is CC(C)NC(=O)CCNCc1nnn(C)n1. The van der Waals surface area contributed by atoms with Crippen LogP contribution in [-0.4, -0.2) is 38.7 Å². The molecule has 1 amide bonds. The van der Waals surface area contributed by atoms with Crippen LogP contribution in [0.3, 0.4) is 0 Å². The molecule has 1 aromatic rings. The molecule has 0 aliphatic rings. The van der Waals surface area contributed by atoms with Crippen molar-refractivity contribution in [2.75, 3.05) is 6.54 Å². The fourth-order valence-electron chi connectivity index (χ4n) is 1.19. The third kappa shape index (κ3) is 4.83. The van der Waals surface area contributed by atoms with Crippen LogP contribution >= 0.6 is 0 Å². The molecular weight excluding hydrogens is 208 g/mol. The molecule has 0 unspecified atom stereocenters. The lowest BCUT2D eigenvalue weighted by Gasteiger charge is -2.07. The van der Waals surface area contributed by atoms with Crippen LogP contribution in [0, 0.1) is 0 Å². The van der Waals surface area contributed by atoms with Gasteiger partial charge in [0, 0.05) is 19.0 Å². The minimum atomic E-state index is 0.0506. The van der Waals surface area contributed by atoms with Gasteiger partial charge < -0.3 is 10.6 Å². The maximum absolute atomic E-state index is 11.3. The lowest BCUT2D eigenvalue weighted by Crippen LogP contribution is -2.32. The van der Waals surface area contributed by atoms with E-state index in [1.54, 1.807) is 7.05 Å². The third-order valence-corrected chi connectivity index (χ3v) is 1.81. The third-order valence-electron chi connectivity index (χ3n) is 1.81. The minimum absolute atomic E-state index is 0.0506. The van der Waals surface area contributed by atoms with Crippen LogP contribution in [0.1, 0.15) is 26.1 Å². The normalized spacial score (nSPS) is 10.8. The zero-order chi connectivity index (χ0) is 12.0. The van der Waals surface area contributed by atoms with Crippen LogP contribution in [0.15, 0.2) is 0 Å². The molecule has 7 nitrogen and oxygen atoms in total. The van der Waals surface area contributed by atoms with Crippen molar-refractivity contribution >= 4 is 5.91 Å². The highest BCUT2D eigenvalue weighted by Crippen LogP contribution is 1.86. The number of hydrogen-bond acceptors (Lipinski definition) is 5. The van der Waals surface area contributed by atoms with E-state index in [9.17, 15) is 4.79 Å². The van der Waals surface area contributed by atoms with Crippen molar-refractivity contribution in [2.24, 2.45) is 7.05 Å². The van der Waals surface area contributed by atoms with E-state index in [0.717, 1.165) is 0 Å². The van der Waals surface area contributed by atoms with Gasteiger partial charge in [0.15, 0.2) is 5.82 Å². The molecule has 0 fully saturated rings. The summed E-state index contributed by atoms with van der Waals surface area (Å²) < 4.78 is 0. The Labute approximate surface area is 94.6 Å². The van der Waals surface area contributed by atoms with E-state index >= 15 is 0 Å². The summed E-state index contributed by atoms with van der Waals surface area (Å²) in [5.41, 5.74) is 0. The molecule has 0 radical (unpaired) electrons. The van der Waals surface area contributed by atoms with Gasteiger partial charge in [-0.1, -0.05) is 0 Å². The topological polar surface area (TPSA) is 84.7 Å². The zero-order valence-corrected chi connectivity index (χ0v) is 9.90. The first-order chi connectivity index (χ1) is 7.58. The van der Waals surface area contributed by atoms with Gasteiger partial charge in [-0.05, 0) is 19.1 Å². The first kappa shape index (κ1) is 12.6. The highest BCUT2D eigenvalue weighted by atomic mass is 16.1. The molecule has 0 spiro atoms. The molecule has 16 heavy (non-hydrogen) atoms. The van der Waals surface area contributed by atoms with E-state index in [0.29, 0.717) is 25.3 Å². The lowest BCUT2D eigenvalue weighted by molar-refractivity contribution is -0.121. The number of amides is 1. The Morgan fingerprint density at radius 3 is 2.81 bits per heavy atom. The molecule has 1 rings (SSSR count). The Hall–Kier alpha value is -1.50. The number of tetrazole rings is 1. The summed E-state index contributed by atoms with van der Waals surface area (Å²) in [4.78, 5) is 12.7. The fourth-order valence-corrected chi connectivity index (χ4v) is 1.19. The van der Waals surface area contributed by atoms with Gasteiger partial charge in [0.25, 0.3) is 0 Å². The van der Waals surface area contributed by atoms with Gasteiger partial charge in [0.2, 0.25) is 5.91 Å². The molecule has 0 aliphatic heterocycles. The standard InChI is InChI=1S/C9H18N6O/c1-7(2)11-9(16)4-5-10-6-8-12-14-15(3)13-8/h7,10H,4-6H2,1-3H3,(H,11,16). The minimum Gasteiger partial charge on any atom is -0.354 e. The van der Waals surface area contributed by atoms with Crippen molar-refractivity contribution in [1.82, 2.24) is 30.8 Å². The van der Waals surface area contributed by atoms with Gasteiger partial charge in [-0.15, -0.1) is 10.2 Å². The Kier molecular flexibility index (Phi) is 4.84. The van der Waals surface area contributed by atoms with E-state index < -0.39 is 0 Å². The molecule has 0 aromatic carbocycles. The van der Waals surface area contributed by atoms with Gasteiger partial charge in [-0.25, -0.2) is 0 Å². The molecule has 0 atom stereocenters. The van der Waals surface area contributed by atoms with Crippen LogP contribution < -0.4 is 10.6 Å². The summed E-state index contributed by atoms with van der Waals surface area (Å²) >= 11 is 0. The second kappa shape index (κ2) is 6.16. The van der Waals surface area contributed by atoms with E-state index in [1.165, 1.54) is 4.80 Å². The lowest BCUT2D eigenvalue weighted by atomic mass is 10.3. The van der Waals surface area contributed by atoms with Crippen LogP contribution in [0.25, 0.3) is 0 Å². The van der Waals surface area contributed by atoms with Crippen molar-refractivity contribution < 1.29 is 4.79 Å². The van der Waals surface area contributed by atoms with E-state index in [-0.39, 0.29) is 11.9 Å². The quantitative estimate of drug-likeness (QED) is 0.621. The Balaban J connectivity index is 2.10. The molecule has 1 heterocycles. The van der Waals surface area contributed by atoms with E-state index in [2.05, 4.69) is 26.0 Å². The first-order valence-electron chi connectivity index (χ1n) is 5.31. The predicted octanol–water partition coefficient (Wildman–Crippen LogP) is -0.786. The maximum Gasteiger partial charge on any atom is 0.221 e. The number of aryl methyl sites for hydroxylation is 1. The number of aromatic nitrogens is 4. The molecular formula is C9H18N6O. The molecule has 0 bridgehead atoms. The van der Waals surface area contributed by atoms with Gasteiger partial charge in [-0.3, -0.25) is 4.79 Å². The summed E-state index contributed by atoms with van der Waals surface area (Å²) in [6.07, 6.45) is 0.457. The highest BCUT2D eigenvalue weighted by molar-refractivity contribution is 5.76. The fraction of sp³-hybridized carbons (Fsp3) is 0.778. The average Bonchev–Trinajstić information content (AvgIpc) is 2.58. The van der Waals surface area contributed by atoms with Crippen LogP contribution in [0.2, 0.25) is 0 Å². The van der Waals surface area contributed by atoms with Crippen molar-refractivity contribution in [2.45, 2.75) is 32.9 Å². The molecule has 0 saturated heterocycles. The number of carbonyl (C=O) groups excluding carboxylic acids is 1. The van der Waals surface area contributed by atoms with Crippen molar-refractivity contribution in [1.29, 1.82) is 0 Å². The molecule has 0 saturated carbocycles. The summed E-state index contributed by atoms with van der Waals surface area (Å²) in [7, 11) is 1.71. The second-order valence-electron chi connectivity index (χ2n) is 3.84. The highest BCUT2D eigenvalue weighted by Gasteiger charge is 2.03. The Morgan fingerprint density at radius 1 is 1.50 bits per heavy atom. The number of nitrogens with zero attached hydrogens (tertiary/aromatic N) is 4. The number of rotatable bonds is 6. The molecule has 2 N–H and O–H groups in total. The monoisotopic (exact) mass is 226 g/mol. The van der Waals surface area contributed by atoms with Gasteiger partial charge in [0.05, 0.1) is 13.6 Å². The summed E-state index contributed by atoms with van der Waals surface area (Å²) in [6, 6.07) is 0.189. The second-order valence-corrected chi connectivity index (χ2v) is 3.84. The first-order valence-corrected chi connectivity index (χ1v) is 5.31. The Bertz CT molecular complexity index is 334.